The average molecular weight is 265 g/mol. The minimum atomic E-state index is -4.16. The van der Waals surface area contributed by atoms with Gasteiger partial charge in [-0.2, -0.15) is 13.2 Å². The van der Waals surface area contributed by atoms with E-state index in [1.54, 1.807) is 4.90 Å². The molecule has 18 heavy (non-hydrogen) atoms. The first kappa shape index (κ1) is 14.1. The minimum Gasteiger partial charge on any atom is -0.330 e. The van der Waals surface area contributed by atoms with E-state index in [2.05, 4.69) is 4.90 Å². The van der Waals surface area contributed by atoms with Crippen LogP contribution < -0.4 is 5.73 Å². The average Bonchev–Trinajstić information content (AvgIpc) is 2.34. The second kappa shape index (κ2) is 5.75. The summed E-state index contributed by atoms with van der Waals surface area (Å²) in [4.78, 5) is 3.94. The third-order valence-electron chi connectivity index (χ3n) is 4.13. The maximum atomic E-state index is 13.0. The molecule has 0 aromatic carbocycles. The van der Waals surface area contributed by atoms with Gasteiger partial charge >= 0.3 is 6.18 Å². The molecule has 0 bridgehead atoms. The van der Waals surface area contributed by atoms with Crippen LogP contribution in [-0.2, 0) is 0 Å². The van der Waals surface area contributed by atoms with Crippen molar-refractivity contribution >= 4 is 0 Å². The highest BCUT2D eigenvalue weighted by Crippen LogP contribution is 2.30. The second-order valence-corrected chi connectivity index (χ2v) is 5.32. The number of hydrogen-bond acceptors (Lipinski definition) is 3. The third kappa shape index (κ3) is 3.16. The van der Waals surface area contributed by atoms with Gasteiger partial charge in [0.2, 0.25) is 0 Å². The van der Waals surface area contributed by atoms with Gasteiger partial charge in [0.05, 0.1) is 0 Å². The number of nitrogens with two attached hydrogens (primary N) is 1. The predicted molar refractivity (Wildman–Crippen MR) is 64.3 cm³/mol. The van der Waals surface area contributed by atoms with Crippen LogP contribution in [0, 0.1) is 0 Å². The van der Waals surface area contributed by atoms with Crippen molar-refractivity contribution in [2.45, 2.75) is 43.9 Å². The molecule has 2 heterocycles. The summed E-state index contributed by atoms with van der Waals surface area (Å²) in [6.45, 7) is 2.97. The summed E-state index contributed by atoms with van der Waals surface area (Å²) >= 11 is 0. The Labute approximate surface area is 106 Å². The van der Waals surface area contributed by atoms with Gasteiger partial charge in [0.15, 0.2) is 0 Å². The number of piperazine rings is 1. The summed E-state index contributed by atoms with van der Waals surface area (Å²) in [5, 5.41) is 0. The van der Waals surface area contributed by atoms with Gasteiger partial charge in [-0.15, -0.1) is 0 Å². The first-order chi connectivity index (χ1) is 8.52. The fraction of sp³-hybridized carbons (Fsp3) is 1.00. The van der Waals surface area contributed by atoms with Crippen LogP contribution in [0.15, 0.2) is 0 Å². The van der Waals surface area contributed by atoms with Crippen molar-refractivity contribution in [2.75, 3.05) is 32.7 Å². The number of rotatable bonds is 3. The summed E-state index contributed by atoms with van der Waals surface area (Å²) in [5.74, 6) is 0. The lowest BCUT2D eigenvalue weighted by atomic mass is 9.98. The zero-order valence-electron chi connectivity index (χ0n) is 10.6. The third-order valence-corrected chi connectivity index (χ3v) is 4.13. The van der Waals surface area contributed by atoms with Gasteiger partial charge in [0, 0.05) is 25.7 Å². The van der Waals surface area contributed by atoms with Crippen molar-refractivity contribution in [3.8, 4) is 0 Å². The van der Waals surface area contributed by atoms with Gasteiger partial charge in [0.1, 0.15) is 6.04 Å². The topological polar surface area (TPSA) is 32.5 Å². The number of nitrogens with zero attached hydrogens (tertiary/aromatic N) is 2. The Kier molecular flexibility index (Phi) is 4.50. The molecule has 2 unspecified atom stereocenters. The van der Waals surface area contributed by atoms with E-state index in [-0.39, 0.29) is 13.0 Å². The standard InChI is InChI=1S/C12H22F3N3/c13-12(14,15)11(4-5-16)18-8-7-17-6-2-1-3-10(17)9-18/h10-11H,1-9,16H2. The van der Waals surface area contributed by atoms with E-state index in [0.29, 0.717) is 19.1 Å². The van der Waals surface area contributed by atoms with E-state index in [1.807, 2.05) is 0 Å². The molecule has 3 nitrogen and oxygen atoms in total. The largest absolute Gasteiger partial charge is 0.404 e. The Bertz CT molecular complexity index is 270. The van der Waals surface area contributed by atoms with Crippen LogP contribution in [0.2, 0.25) is 0 Å². The maximum Gasteiger partial charge on any atom is 0.404 e. The van der Waals surface area contributed by atoms with Crippen molar-refractivity contribution in [3.05, 3.63) is 0 Å². The van der Waals surface area contributed by atoms with Gasteiger partial charge < -0.3 is 5.73 Å². The van der Waals surface area contributed by atoms with Crippen LogP contribution in [-0.4, -0.2) is 60.8 Å². The number of fused-ring (bicyclic) bond motifs is 1. The molecule has 2 aliphatic heterocycles. The lowest BCUT2D eigenvalue weighted by molar-refractivity contribution is -0.192. The molecule has 0 aromatic rings. The molecule has 2 N–H and O–H groups in total. The van der Waals surface area contributed by atoms with Crippen molar-refractivity contribution in [1.29, 1.82) is 0 Å². The van der Waals surface area contributed by atoms with Crippen molar-refractivity contribution in [3.63, 3.8) is 0 Å². The van der Waals surface area contributed by atoms with Crippen LogP contribution in [0.4, 0.5) is 13.2 Å². The highest BCUT2D eigenvalue weighted by atomic mass is 19.4. The smallest absolute Gasteiger partial charge is 0.330 e. The van der Waals surface area contributed by atoms with E-state index in [9.17, 15) is 13.2 Å². The molecule has 0 amide bonds. The highest BCUT2D eigenvalue weighted by molar-refractivity contribution is 4.90. The van der Waals surface area contributed by atoms with Crippen molar-refractivity contribution in [2.24, 2.45) is 5.73 Å². The first-order valence-corrected chi connectivity index (χ1v) is 6.77. The highest BCUT2D eigenvalue weighted by Gasteiger charge is 2.45. The lowest BCUT2D eigenvalue weighted by Crippen LogP contribution is -2.60. The molecule has 6 heteroatoms. The monoisotopic (exact) mass is 265 g/mol. The van der Waals surface area contributed by atoms with Crippen LogP contribution >= 0.6 is 0 Å². The second-order valence-electron chi connectivity index (χ2n) is 5.32. The zero-order chi connectivity index (χ0) is 13.2. The van der Waals surface area contributed by atoms with Gasteiger partial charge in [0.25, 0.3) is 0 Å². The predicted octanol–water partition coefficient (Wildman–Crippen LogP) is 1.44. The molecule has 0 radical (unpaired) electrons. The SMILES string of the molecule is NCCC(N1CCN2CCCCC2C1)C(F)(F)F. The van der Waals surface area contributed by atoms with Gasteiger partial charge in [-0.05, 0) is 32.4 Å². The van der Waals surface area contributed by atoms with Crippen LogP contribution in [0.5, 0.6) is 0 Å². The fourth-order valence-corrected chi connectivity index (χ4v) is 3.17. The molecular weight excluding hydrogens is 243 g/mol. The molecule has 2 atom stereocenters. The van der Waals surface area contributed by atoms with E-state index >= 15 is 0 Å². The zero-order valence-corrected chi connectivity index (χ0v) is 10.6. The summed E-state index contributed by atoms with van der Waals surface area (Å²) < 4.78 is 39.0. The van der Waals surface area contributed by atoms with Crippen LogP contribution in [0.1, 0.15) is 25.7 Å². The van der Waals surface area contributed by atoms with Gasteiger partial charge in [-0.25, -0.2) is 0 Å². The molecule has 0 saturated carbocycles. The molecule has 2 aliphatic rings. The van der Waals surface area contributed by atoms with Gasteiger partial charge in [-0.1, -0.05) is 6.42 Å². The number of halogens is 3. The van der Waals surface area contributed by atoms with Crippen molar-refractivity contribution in [1.82, 2.24) is 9.80 Å². The van der Waals surface area contributed by atoms with Crippen molar-refractivity contribution < 1.29 is 13.2 Å². The summed E-state index contributed by atoms with van der Waals surface area (Å²) in [6, 6.07) is -1.04. The lowest BCUT2D eigenvalue weighted by Gasteiger charge is -2.46. The summed E-state index contributed by atoms with van der Waals surface area (Å²) in [7, 11) is 0. The van der Waals surface area contributed by atoms with Crippen LogP contribution in [0.3, 0.4) is 0 Å². The summed E-state index contributed by atoms with van der Waals surface area (Å²) in [6.07, 6.45) is -0.791. The maximum absolute atomic E-state index is 13.0. The molecule has 0 aliphatic carbocycles. The Hall–Kier alpha value is -0.330. The molecule has 0 spiro atoms. The molecule has 0 aromatic heterocycles. The molecule has 2 saturated heterocycles. The quantitative estimate of drug-likeness (QED) is 0.838. The fourth-order valence-electron chi connectivity index (χ4n) is 3.17. The molecule has 2 fully saturated rings. The first-order valence-electron chi connectivity index (χ1n) is 6.77. The van der Waals surface area contributed by atoms with E-state index in [0.717, 1.165) is 25.9 Å². The van der Waals surface area contributed by atoms with Crippen LogP contribution in [0.25, 0.3) is 0 Å². The Balaban J connectivity index is 1.99. The van der Waals surface area contributed by atoms with E-state index in [4.69, 9.17) is 5.73 Å². The minimum absolute atomic E-state index is 0.0101. The number of alkyl halides is 3. The Morgan fingerprint density at radius 2 is 1.94 bits per heavy atom. The molecule has 106 valence electrons. The van der Waals surface area contributed by atoms with Gasteiger partial charge in [-0.3, -0.25) is 9.80 Å². The number of piperidine rings is 1. The molecule has 2 rings (SSSR count). The normalized spacial score (nSPS) is 29.0. The number of hydrogen-bond donors (Lipinski definition) is 1. The Morgan fingerprint density at radius 3 is 2.61 bits per heavy atom. The summed E-state index contributed by atoms with van der Waals surface area (Å²) in [5.41, 5.74) is 5.33. The molecular formula is C12H22F3N3. The van der Waals surface area contributed by atoms with E-state index < -0.39 is 12.2 Å². The Morgan fingerprint density at radius 1 is 1.17 bits per heavy atom. The van der Waals surface area contributed by atoms with E-state index in [1.165, 1.54) is 6.42 Å².